The number of oxazole rings is 1. The molecule has 0 saturated heterocycles. The SMILES string of the molecule is CCC(C)(OC)c1nc2cc(Br)cc(N)c2o1. The fraction of sp³-hybridized carbons (Fsp3) is 0.417. The molecule has 0 radical (unpaired) electrons. The number of anilines is 1. The number of hydrogen-bond acceptors (Lipinski definition) is 4. The van der Waals surface area contributed by atoms with Gasteiger partial charge in [-0.2, -0.15) is 0 Å². The van der Waals surface area contributed by atoms with E-state index in [2.05, 4.69) is 20.9 Å². The Bertz CT molecular complexity index is 547. The van der Waals surface area contributed by atoms with Crippen LogP contribution in [0.3, 0.4) is 0 Å². The summed E-state index contributed by atoms with van der Waals surface area (Å²) in [4.78, 5) is 4.45. The summed E-state index contributed by atoms with van der Waals surface area (Å²) in [5, 5.41) is 0. The molecule has 0 saturated carbocycles. The van der Waals surface area contributed by atoms with Crippen molar-refractivity contribution in [1.29, 1.82) is 0 Å². The molecular weight excluding hydrogens is 284 g/mol. The molecule has 1 atom stereocenters. The Hall–Kier alpha value is -1.07. The Labute approximate surface area is 108 Å². The molecule has 0 spiro atoms. The minimum absolute atomic E-state index is 0.516. The first-order valence-corrected chi connectivity index (χ1v) is 6.20. The van der Waals surface area contributed by atoms with Crippen LogP contribution in [0.5, 0.6) is 0 Å². The van der Waals surface area contributed by atoms with Crippen LogP contribution < -0.4 is 5.73 Å². The summed E-state index contributed by atoms with van der Waals surface area (Å²) in [6.07, 6.45) is 0.775. The second kappa shape index (κ2) is 4.31. The van der Waals surface area contributed by atoms with E-state index in [4.69, 9.17) is 14.9 Å². The van der Waals surface area contributed by atoms with Crippen molar-refractivity contribution in [1.82, 2.24) is 4.98 Å². The van der Waals surface area contributed by atoms with Gasteiger partial charge in [-0.1, -0.05) is 22.9 Å². The van der Waals surface area contributed by atoms with E-state index in [0.29, 0.717) is 17.2 Å². The molecule has 2 rings (SSSR count). The van der Waals surface area contributed by atoms with Gasteiger partial charge >= 0.3 is 0 Å². The highest BCUT2D eigenvalue weighted by atomic mass is 79.9. The largest absolute Gasteiger partial charge is 0.435 e. The number of fused-ring (bicyclic) bond motifs is 1. The maximum absolute atomic E-state index is 5.89. The lowest BCUT2D eigenvalue weighted by molar-refractivity contribution is -0.0222. The van der Waals surface area contributed by atoms with Crippen LogP contribution in [0.15, 0.2) is 21.0 Å². The van der Waals surface area contributed by atoms with Gasteiger partial charge in [0.25, 0.3) is 0 Å². The van der Waals surface area contributed by atoms with Gasteiger partial charge in [0.2, 0.25) is 5.89 Å². The summed E-state index contributed by atoms with van der Waals surface area (Å²) in [5.41, 5.74) is 7.30. The number of hydrogen-bond donors (Lipinski definition) is 1. The van der Waals surface area contributed by atoms with Crippen molar-refractivity contribution in [3.8, 4) is 0 Å². The number of methoxy groups -OCH3 is 1. The van der Waals surface area contributed by atoms with Crippen LogP contribution in [0, 0.1) is 0 Å². The first-order valence-electron chi connectivity index (χ1n) is 5.41. The van der Waals surface area contributed by atoms with Crippen LogP contribution in [0.2, 0.25) is 0 Å². The number of ether oxygens (including phenoxy) is 1. The summed E-state index contributed by atoms with van der Waals surface area (Å²) < 4.78 is 12.1. The van der Waals surface area contributed by atoms with Gasteiger partial charge in [0, 0.05) is 11.6 Å². The lowest BCUT2D eigenvalue weighted by Gasteiger charge is -2.22. The van der Waals surface area contributed by atoms with E-state index in [-0.39, 0.29) is 0 Å². The normalized spacial score (nSPS) is 15.1. The molecule has 4 nitrogen and oxygen atoms in total. The molecule has 0 bridgehead atoms. The van der Waals surface area contributed by atoms with Crippen LogP contribution in [0.1, 0.15) is 26.2 Å². The van der Waals surface area contributed by atoms with Crippen molar-refractivity contribution in [2.75, 3.05) is 12.8 Å². The van der Waals surface area contributed by atoms with E-state index in [9.17, 15) is 0 Å². The van der Waals surface area contributed by atoms with Gasteiger partial charge in [0.05, 0.1) is 5.69 Å². The molecule has 1 heterocycles. The number of aromatic nitrogens is 1. The minimum Gasteiger partial charge on any atom is -0.435 e. The number of nitrogens with two attached hydrogens (primary N) is 1. The molecule has 1 aromatic carbocycles. The van der Waals surface area contributed by atoms with Gasteiger partial charge < -0.3 is 14.9 Å². The van der Waals surface area contributed by atoms with Gasteiger partial charge in [-0.3, -0.25) is 0 Å². The number of rotatable bonds is 3. The average molecular weight is 299 g/mol. The molecule has 0 aliphatic rings. The van der Waals surface area contributed by atoms with Crippen molar-refractivity contribution in [3.05, 3.63) is 22.5 Å². The molecule has 1 unspecified atom stereocenters. The second-order valence-electron chi connectivity index (χ2n) is 4.15. The summed E-state index contributed by atoms with van der Waals surface area (Å²) in [6, 6.07) is 3.68. The molecule has 17 heavy (non-hydrogen) atoms. The quantitative estimate of drug-likeness (QED) is 0.882. The third-order valence-corrected chi connectivity index (χ3v) is 3.52. The van der Waals surface area contributed by atoms with Crippen molar-refractivity contribution in [3.63, 3.8) is 0 Å². The molecule has 0 fully saturated rings. The molecule has 1 aromatic heterocycles. The zero-order chi connectivity index (χ0) is 12.6. The molecule has 0 aliphatic heterocycles. The fourth-order valence-corrected chi connectivity index (χ4v) is 2.10. The maximum Gasteiger partial charge on any atom is 0.227 e. The van der Waals surface area contributed by atoms with Crippen LogP contribution in [0.25, 0.3) is 11.1 Å². The van der Waals surface area contributed by atoms with Crippen molar-refractivity contribution < 1.29 is 9.15 Å². The summed E-state index contributed by atoms with van der Waals surface area (Å²) in [7, 11) is 1.65. The fourth-order valence-electron chi connectivity index (χ4n) is 1.63. The zero-order valence-corrected chi connectivity index (χ0v) is 11.7. The predicted molar refractivity (Wildman–Crippen MR) is 70.8 cm³/mol. The lowest BCUT2D eigenvalue weighted by Crippen LogP contribution is -2.23. The Morgan fingerprint density at radius 1 is 1.53 bits per heavy atom. The highest BCUT2D eigenvalue weighted by Crippen LogP contribution is 2.33. The van der Waals surface area contributed by atoms with Crippen molar-refractivity contribution >= 4 is 32.7 Å². The van der Waals surface area contributed by atoms with E-state index in [1.165, 1.54) is 0 Å². The van der Waals surface area contributed by atoms with Crippen LogP contribution in [0.4, 0.5) is 5.69 Å². The Morgan fingerprint density at radius 3 is 2.82 bits per heavy atom. The third-order valence-electron chi connectivity index (χ3n) is 3.06. The van der Waals surface area contributed by atoms with Crippen LogP contribution >= 0.6 is 15.9 Å². The number of benzene rings is 1. The van der Waals surface area contributed by atoms with E-state index in [1.54, 1.807) is 13.2 Å². The highest BCUT2D eigenvalue weighted by Gasteiger charge is 2.30. The van der Waals surface area contributed by atoms with Crippen LogP contribution in [-0.4, -0.2) is 12.1 Å². The Morgan fingerprint density at radius 2 is 2.24 bits per heavy atom. The highest BCUT2D eigenvalue weighted by molar-refractivity contribution is 9.10. The molecular formula is C12H15BrN2O2. The molecule has 2 aromatic rings. The first-order chi connectivity index (χ1) is 8.00. The molecule has 0 amide bonds. The van der Waals surface area contributed by atoms with Crippen molar-refractivity contribution in [2.45, 2.75) is 25.9 Å². The Kier molecular flexibility index (Phi) is 3.14. The van der Waals surface area contributed by atoms with E-state index in [1.807, 2.05) is 19.9 Å². The van der Waals surface area contributed by atoms with E-state index in [0.717, 1.165) is 16.4 Å². The van der Waals surface area contributed by atoms with Gasteiger partial charge in [0.15, 0.2) is 5.58 Å². The summed E-state index contributed by atoms with van der Waals surface area (Å²) in [5.74, 6) is 0.558. The van der Waals surface area contributed by atoms with Crippen molar-refractivity contribution in [2.24, 2.45) is 0 Å². The summed E-state index contributed by atoms with van der Waals surface area (Å²) in [6.45, 7) is 3.97. The topological polar surface area (TPSA) is 61.3 Å². The second-order valence-corrected chi connectivity index (χ2v) is 5.07. The number of nitrogens with zero attached hydrogens (tertiary/aromatic N) is 1. The third kappa shape index (κ3) is 2.05. The van der Waals surface area contributed by atoms with Gasteiger partial charge in [0.1, 0.15) is 11.1 Å². The first kappa shape index (κ1) is 12.4. The minimum atomic E-state index is -0.516. The smallest absolute Gasteiger partial charge is 0.227 e. The number of halogens is 1. The average Bonchev–Trinajstić information content (AvgIpc) is 2.72. The van der Waals surface area contributed by atoms with E-state index < -0.39 is 5.60 Å². The molecule has 2 N–H and O–H groups in total. The van der Waals surface area contributed by atoms with Crippen LogP contribution in [-0.2, 0) is 10.3 Å². The predicted octanol–water partition coefficient (Wildman–Crippen LogP) is 3.44. The summed E-state index contributed by atoms with van der Waals surface area (Å²) >= 11 is 3.38. The van der Waals surface area contributed by atoms with Gasteiger partial charge in [-0.05, 0) is 25.5 Å². The molecule has 0 aliphatic carbocycles. The number of nitrogen functional groups attached to an aromatic ring is 1. The monoisotopic (exact) mass is 298 g/mol. The van der Waals surface area contributed by atoms with Gasteiger partial charge in [-0.15, -0.1) is 0 Å². The maximum atomic E-state index is 5.89. The van der Waals surface area contributed by atoms with Gasteiger partial charge in [-0.25, -0.2) is 4.98 Å². The zero-order valence-electron chi connectivity index (χ0n) is 10.1. The Balaban J connectivity index is 2.62. The molecule has 92 valence electrons. The van der Waals surface area contributed by atoms with E-state index >= 15 is 0 Å². The standard InChI is InChI=1S/C12H15BrN2O2/c1-4-12(2,16-3)11-15-9-6-7(13)5-8(14)10(9)17-11/h5-6H,4,14H2,1-3H3. The molecule has 5 heteroatoms. The lowest BCUT2D eigenvalue weighted by atomic mass is 10.0.